The number of imidazole rings is 1. The Kier molecular flexibility index (Phi) is 6.38. The van der Waals surface area contributed by atoms with Gasteiger partial charge in [0.2, 0.25) is 5.95 Å². The van der Waals surface area contributed by atoms with E-state index >= 15 is 0 Å². The number of hydrogen-bond acceptors (Lipinski definition) is 7. The van der Waals surface area contributed by atoms with Crippen LogP contribution in [0.5, 0.6) is 0 Å². The predicted octanol–water partition coefficient (Wildman–Crippen LogP) is 6.41. The van der Waals surface area contributed by atoms with Crippen LogP contribution in [0.1, 0.15) is 11.1 Å². The Labute approximate surface area is 202 Å². The van der Waals surface area contributed by atoms with Crippen molar-refractivity contribution in [2.45, 2.75) is 0 Å². The normalized spacial score (nSPS) is 11.6. The second kappa shape index (κ2) is 9.38. The summed E-state index contributed by atoms with van der Waals surface area (Å²) in [6.07, 6.45) is 3.02. The van der Waals surface area contributed by atoms with E-state index in [-0.39, 0.29) is 11.4 Å². The number of nitro groups is 2. The highest BCUT2D eigenvalue weighted by Crippen LogP contribution is 2.27. The molecule has 1 N–H and O–H groups in total. The third-order valence-corrected chi connectivity index (χ3v) is 5.83. The lowest BCUT2D eigenvalue weighted by atomic mass is 10.2. The lowest BCUT2D eigenvalue weighted by Gasteiger charge is -1.98. The van der Waals surface area contributed by atoms with E-state index in [1.54, 1.807) is 42.5 Å². The molecule has 10 nitrogen and oxygen atoms in total. The number of aliphatic imine (C=N–C) groups is 2. The summed E-state index contributed by atoms with van der Waals surface area (Å²) in [6.45, 7) is 0. The van der Waals surface area contributed by atoms with E-state index in [0.717, 1.165) is 0 Å². The summed E-state index contributed by atoms with van der Waals surface area (Å²) < 4.78 is 0.786. The van der Waals surface area contributed by atoms with Gasteiger partial charge in [0.05, 0.1) is 35.5 Å². The molecule has 4 rings (SSSR count). The molecule has 1 aromatic heterocycles. The Balaban J connectivity index is 1.56. The molecule has 33 heavy (non-hydrogen) atoms. The standard InChI is InChI=1S/C21H12Br2N6O4/c22-15-4-1-12(7-19(15)28(30)31)10-24-14-3-6-17-18(9-14)27-21(26-17)25-11-13-2-5-16(23)20(8-13)29(32)33/h1-11H,(H,26,27). The Hall–Kier alpha value is -3.77. The van der Waals surface area contributed by atoms with Crippen LogP contribution in [0.2, 0.25) is 0 Å². The minimum atomic E-state index is -0.475. The zero-order valence-electron chi connectivity index (χ0n) is 16.5. The predicted molar refractivity (Wildman–Crippen MR) is 132 cm³/mol. The third-order valence-electron chi connectivity index (χ3n) is 4.49. The van der Waals surface area contributed by atoms with Gasteiger partial charge in [-0.15, -0.1) is 0 Å². The van der Waals surface area contributed by atoms with Crippen molar-refractivity contribution in [3.05, 3.63) is 94.9 Å². The average molecular weight is 572 g/mol. The molecule has 0 saturated heterocycles. The number of benzene rings is 3. The number of halogens is 2. The van der Waals surface area contributed by atoms with E-state index in [0.29, 0.717) is 42.7 Å². The Bertz CT molecular complexity index is 1390. The first kappa shape index (κ1) is 22.4. The molecule has 0 saturated carbocycles. The van der Waals surface area contributed by atoms with Crippen LogP contribution in [0, 0.1) is 20.2 Å². The zero-order valence-corrected chi connectivity index (χ0v) is 19.6. The minimum absolute atomic E-state index is 0.0402. The molecule has 0 atom stereocenters. The van der Waals surface area contributed by atoms with Crippen molar-refractivity contribution in [2.24, 2.45) is 9.98 Å². The topological polar surface area (TPSA) is 140 Å². The molecule has 0 aliphatic carbocycles. The van der Waals surface area contributed by atoms with Gasteiger partial charge in [-0.1, -0.05) is 12.1 Å². The molecule has 164 valence electrons. The summed E-state index contributed by atoms with van der Waals surface area (Å²) in [7, 11) is 0. The molecular weight excluding hydrogens is 560 g/mol. The molecule has 0 bridgehead atoms. The summed E-state index contributed by atoms with van der Waals surface area (Å²) in [6, 6.07) is 14.7. The number of rotatable bonds is 6. The molecule has 0 amide bonds. The summed E-state index contributed by atoms with van der Waals surface area (Å²) in [5, 5.41) is 22.2. The van der Waals surface area contributed by atoms with Crippen molar-refractivity contribution in [2.75, 3.05) is 0 Å². The van der Waals surface area contributed by atoms with Gasteiger partial charge >= 0.3 is 0 Å². The molecule has 0 fully saturated rings. The maximum atomic E-state index is 11.1. The molecule has 0 unspecified atom stereocenters. The maximum absolute atomic E-state index is 11.1. The number of hydrogen-bond donors (Lipinski definition) is 1. The van der Waals surface area contributed by atoms with Crippen molar-refractivity contribution in [3.63, 3.8) is 0 Å². The summed E-state index contributed by atoms with van der Waals surface area (Å²) in [4.78, 5) is 37.3. The third kappa shape index (κ3) is 5.18. The van der Waals surface area contributed by atoms with Gasteiger partial charge in [0.15, 0.2) is 0 Å². The van der Waals surface area contributed by atoms with Gasteiger partial charge in [0, 0.05) is 24.6 Å². The van der Waals surface area contributed by atoms with Gasteiger partial charge in [0.25, 0.3) is 11.4 Å². The van der Waals surface area contributed by atoms with Crippen LogP contribution < -0.4 is 0 Å². The fourth-order valence-corrected chi connectivity index (χ4v) is 3.69. The fraction of sp³-hybridized carbons (Fsp3) is 0. The second-order valence-corrected chi connectivity index (χ2v) is 8.42. The molecule has 0 radical (unpaired) electrons. The number of H-pyrrole nitrogens is 1. The monoisotopic (exact) mass is 570 g/mol. The Morgan fingerprint density at radius 1 is 0.818 bits per heavy atom. The fourth-order valence-electron chi connectivity index (χ4n) is 2.91. The molecule has 3 aromatic carbocycles. The molecule has 4 aromatic rings. The lowest BCUT2D eigenvalue weighted by molar-refractivity contribution is -0.385. The van der Waals surface area contributed by atoms with Crippen LogP contribution >= 0.6 is 31.9 Å². The minimum Gasteiger partial charge on any atom is -0.322 e. The van der Waals surface area contributed by atoms with Crippen molar-refractivity contribution in [3.8, 4) is 0 Å². The van der Waals surface area contributed by atoms with Crippen molar-refractivity contribution in [1.29, 1.82) is 0 Å². The van der Waals surface area contributed by atoms with Gasteiger partial charge in [-0.3, -0.25) is 25.2 Å². The second-order valence-electron chi connectivity index (χ2n) is 6.71. The highest BCUT2D eigenvalue weighted by Gasteiger charge is 2.12. The average Bonchev–Trinajstić information content (AvgIpc) is 3.19. The SMILES string of the molecule is O=[N+]([O-])c1cc(C=Nc2ccc3nc(N=Cc4ccc(Br)c([N+](=O)[O-])c4)[nH]c3c2)ccc1Br. The van der Waals surface area contributed by atoms with Crippen LogP contribution in [0.15, 0.2) is 73.5 Å². The number of nitrogens with one attached hydrogen (secondary N) is 1. The summed E-state index contributed by atoms with van der Waals surface area (Å²) >= 11 is 6.31. The Morgan fingerprint density at radius 2 is 1.39 bits per heavy atom. The molecule has 1 heterocycles. The van der Waals surface area contributed by atoms with Gasteiger partial charge in [-0.05, 0) is 73.3 Å². The smallest absolute Gasteiger partial charge is 0.284 e. The number of fused-ring (bicyclic) bond motifs is 1. The number of aromatic amines is 1. The van der Waals surface area contributed by atoms with Crippen LogP contribution in [0.25, 0.3) is 11.0 Å². The van der Waals surface area contributed by atoms with Crippen LogP contribution in [-0.2, 0) is 0 Å². The van der Waals surface area contributed by atoms with Crippen LogP contribution in [0.4, 0.5) is 23.0 Å². The molecule has 0 spiro atoms. The van der Waals surface area contributed by atoms with Gasteiger partial charge < -0.3 is 4.98 Å². The van der Waals surface area contributed by atoms with Gasteiger partial charge in [0.1, 0.15) is 0 Å². The molecule has 0 aliphatic rings. The van der Waals surface area contributed by atoms with Crippen LogP contribution in [-0.4, -0.2) is 32.2 Å². The zero-order chi connectivity index (χ0) is 23.5. The molecule has 12 heteroatoms. The van der Waals surface area contributed by atoms with Crippen molar-refractivity contribution >= 4 is 78.3 Å². The number of nitrogens with zero attached hydrogens (tertiary/aromatic N) is 5. The quantitative estimate of drug-likeness (QED) is 0.162. The maximum Gasteiger partial charge on any atom is 0.284 e. The summed E-state index contributed by atoms with van der Waals surface area (Å²) in [5.74, 6) is 0.334. The number of aromatic nitrogens is 2. The van der Waals surface area contributed by atoms with Crippen molar-refractivity contribution < 1.29 is 9.85 Å². The Morgan fingerprint density at radius 3 is 1.97 bits per heavy atom. The molecular formula is C21H12Br2N6O4. The lowest BCUT2D eigenvalue weighted by Crippen LogP contribution is -1.91. The molecule has 0 aliphatic heterocycles. The summed E-state index contributed by atoms with van der Waals surface area (Å²) in [5.41, 5.74) is 3.03. The highest BCUT2D eigenvalue weighted by molar-refractivity contribution is 9.11. The van der Waals surface area contributed by atoms with E-state index in [4.69, 9.17) is 0 Å². The van der Waals surface area contributed by atoms with Gasteiger partial charge in [-0.25, -0.2) is 9.98 Å². The van der Waals surface area contributed by atoms with E-state index in [1.807, 2.05) is 0 Å². The first-order valence-corrected chi connectivity index (χ1v) is 10.8. The highest BCUT2D eigenvalue weighted by atomic mass is 79.9. The van der Waals surface area contributed by atoms with Crippen molar-refractivity contribution in [1.82, 2.24) is 9.97 Å². The largest absolute Gasteiger partial charge is 0.322 e. The first-order chi connectivity index (χ1) is 15.8. The number of nitro benzene ring substituents is 2. The van der Waals surface area contributed by atoms with Crippen LogP contribution in [0.3, 0.4) is 0 Å². The first-order valence-electron chi connectivity index (χ1n) is 9.26. The van der Waals surface area contributed by atoms with E-state index in [2.05, 4.69) is 51.8 Å². The van der Waals surface area contributed by atoms with E-state index < -0.39 is 9.85 Å². The van der Waals surface area contributed by atoms with E-state index in [1.165, 1.54) is 24.6 Å². The van der Waals surface area contributed by atoms with Gasteiger partial charge in [-0.2, -0.15) is 0 Å². The van der Waals surface area contributed by atoms with E-state index in [9.17, 15) is 20.2 Å².